The van der Waals surface area contributed by atoms with E-state index < -0.39 is 0 Å². The van der Waals surface area contributed by atoms with E-state index in [1.807, 2.05) is 0 Å². The standard InChI is InChI=1S/C13H20N4S/c1-3-13(2)5-8-17(9-6-13)12-15-7-4-10(16-12)11(14)18/h4,7H,3,5-6,8-9H2,1-2H3,(H2,14,18). The van der Waals surface area contributed by atoms with Gasteiger partial charge in [-0.25, -0.2) is 9.97 Å². The molecule has 4 nitrogen and oxygen atoms in total. The first-order valence-electron chi connectivity index (χ1n) is 6.42. The van der Waals surface area contributed by atoms with Gasteiger partial charge in [0.2, 0.25) is 5.95 Å². The van der Waals surface area contributed by atoms with E-state index in [9.17, 15) is 0 Å². The van der Waals surface area contributed by atoms with Gasteiger partial charge < -0.3 is 10.6 Å². The zero-order chi connectivity index (χ0) is 13.2. The van der Waals surface area contributed by atoms with Crippen LogP contribution in [0.1, 0.15) is 38.8 Å². The highest BCUT2D eigenvalue weighted by Crippen LogP contribution is 2.34. The molecule has 0 amide bonds. The van der Waals surface area contributed by atoms with Gasteiger partial charge in [-0.2, -0.15) is 0 Å². The van der Waals surface area contributed by atoms with Gasteiger partial charge in [-0.15, -0.1) is 0 Å². The van der Waals surface area contributed by atoms with Crippen molar-refractivity contribution >= 4 is 23.2 Å². The second-order valence-electron chi connectivity index (χ2n) is 5.26. The first kappa shape index (κ1) is 13.2. The van der Waals surface area contributed by atoms with Gasteiger partial charge in [0.25, 0.3) is 0 Å². The van der Waals surface area contributed by atoms with Crippen molar-refractivity contribution in [2.45, 2.75) is 33.1 Å². The van der Waals surface area contributed by atoms with Crippen LogP contribution < -0.4 is 10.6 Å². The molecular weight excluding hydrogens is 244 g/mol. The molecule has 1 aliphatic heterocycles. The van der Waals surface area contributed by atoms with Crippen LogP contribution in [0.2, 0.25) is 0 Å². The van der Waals surface area contributed by atoms with Crippen molar-refractivity contribution < 1.29 is 0 Å². The molecule has 0 spiro atoms. The van der Waals surface area contributed by atoms with Crippen molar-refractivity contribution in [1.29, 1.82) is 0 Å². The summed E-state index contributed by atoms with van der Waals surface area (Å²) in [5, 5.41) is 0. The van der Waals surface area contributed by atoms with Crippen LogP contribution in [-0.2, 0) is 0 Å². The van der Waals surface area contributed by atoms with Crippen molar-refractivity contribution in [3.8, 4) is 0 Å². The van der Waals surface area contributed by atoms with E-state index in [0.29, 0.717) is 16.1 Å². The number of anilines is 1. The number of hydrogen-bond donors (Lipinski definition) is 1. The Balaban J connectivity index is 2.10. The van der Waals surface area contributed by atoms with Gasteiger partial charge in [-0.1, -0.05) is 32.5 Å². The van der Waals surface area contributed by atoms with Crippen molar-refractivity contribution in [3.05, 3.63) is 18.0 Å². The minimum Gasteiger partial charge on any atom is -0.388 e. The summed E-state index contributed by atoms with van der Waals surface area (Å²) in [5.74, 6) is 0.749. The van der Waals surface area contributed by atoms with E-state index in [0.717, 1.165) is 19.0 Å². The molecule has 0 radical (unpaired) electrons. The van der Waals surface area contributed by atoms with Crippen LogP contribution in [0.5, 0.6) is 0 Å². The zero-order valence-corrected chi connectivity index (χ0v) is 11.8. The number of nitrogens with two attached hydrogens (primary N) is 1. The Morgan fingerprint density at radius 2 is 2.17 bits per heavy atom. The molecule has 2 heterocycles. The topological polar surface area (TPSA) is 55.0 Å². The van der Waals surface area contributed by atoms with Crippen LogP contribution in [-0.4, -0.2) is 28.0 Å². The van der Waals surface area contributed by atoms with Crippen LogP contribution >= 0.6 is 12.2 Å². The lowest BCUT2D eigenvalue weighted by Gasteiger charge is -2.38. The van der Waals surface area contributed by atoms with E-state index >= 15 is 0 Å². The van der Waals surface area contributed by atoms with Gasteiger partial charge in [-0.3, -0.25) is 0 Å². The largest absolute Gasteiger partial charge is 0.388 e. The normalized spacial score (nSPS) is 18.7. The highest BCUT2D eigenvalue weighted by Gasteiger charge is 2.29. The van der Waals surface area contributed by atoms with Crippen molar-refractivity contribution in [2.24, 2.45) is 11.1 Å². The zero-order valence-electron chi connectivity index (χ0n) is 11.0. The Hall–Kier alpha value is -1.23. The molecule has 2 N–H and O–H groups in total. The smallest absolute Gasteiger partial charge is 0.225 e. The Bertz CT molecular complexity index is 438. The van der Waals surface area contributed by atoms with Crippen LogP contribution in [0.25, 0.3) is 0 Å². The number of rotatable bonds is 3. The Morgan fingerprint density at radius 3 is 2.72 bits per heavy atom. The number of hydrogen-bond acceptors (Lipinski definition) is 4. The van der Waals surface area contributed by atoms with Crippen molar-refractivity contribution in [2.75, 3.05) is 18.0 Å². The van der Waals surface area contributed by atoms with E-state index in [1.54, 1.807) is 12.3 Å². The molecule has 0 aliphatic carbocycles. The summed E-state index contributed by atoms with van der Waals surface area (Å²) in [5.41, 5.74) is 6.72. The second-order valence-corrected chi connectivity index (χ2v) is 5.70. The minimum atomic E-state index is 0.328. The Labute approximate surface area is 114 Å². The van der Waals surface area contributed by atoms with Gasteiger partial charge >= 0.3 is 0 Å². The molecule has 0 aromatic carbocycles. The molecule has 0 atom stereocenters. The first-order chi connectivity index (χ1) is 8.54. The van der Waals surface area contributed by atoms with E-state index in [2.05, 4.69) is 28.7 Å². The predicted molar refractivity (Wildman–Crippen MR) is 77.8 cm³/mol. The van der Waals surface area contributed by atoms with Gasteiger partial charge in [-0.05, 0) is 24.3 Å². The number of nitrogens with zero attached hydrogens (tertiary/aromatic N) is 3. The molecule has 0 bridgehead atoms. The molecule has 2 rings (SSSR count). The molecule has 0 saturated carbocycles. The fourth-order valence-corrected chi connectivity index (χ4v) is 2.35. The maximum absolute atomic E-state index is 5.60. The van der Waals surface area contributed by atoms with Crippen LogP contribution in [0.3, 0.4) is 0 Å². The fraction of sp³-hybridized carbons (Fsp3) is 0.615. The number of aromatic nitrogens is 2. The minimum absolute atomic E-state index is 0.328. The second kappa shape index (κ2) is 5.18. The summed E-state index contributed by atoms with van der Waals surface area (Å²) in [4.78, 5) is 11.3. The molecule has 1 aromatic rings. The number of thiocarbonyl (C=S) groups is 1. The maximum atomic E-state index is 5.60. The average molecular weight is 264 g/mol. The molecule has 0 unspecified atom stereocenters. The lowest BCUT2D eigenvalue weighted by Crippen LogP contribution is -2.39. The van der Waals surface area contributed by atoms with Crippen molar-refractivity contribution in [1.82, 2.24) is 9.97 Å². The van der Waals surface area contributed by atoms with Crippen LogP contribution in [0, 0.1) is 5.41 Å². The predicted octanol–water partition coefficient (Wildman–Crippen LogP) is 2.13. The highest BCUT2D eigenvalue weighted by molar-refractivity contribution is 7.80. The molecule has 98 valence electrons. The van der Waals surface area contributed by atoms with Gasteiger partial charge in [0.1, 0.15) is 10.7 Å². The molecule has 18 heavy (non-hydrogen) atoms. The Morgan fingerprint density at radius 1 is 1.50 bits per heavy atom. The van der Waals surface area contributed by atoms with E-state index in [1.165, 1.54) is 19.3 Å². The monoisotopic (exact) mass is 264 g/mol. The van der Waals surface area contributed by atoms with Crippen molar-refractivity contribution in [3.63, 3.8) is 0 Å². The summed E-state index contributed by atoms with van der Waals surface area (Å²) in [6, 6.07) is 1.76. The fourth-order valence-electron chi connectivity index (χ4n) is 2.24. The lowest BCUT2D eigenvalue weighted by molar-refractivity contribution is 0.237. The quantitative estimate of drug-likeness (QED) is 0.848. The van der Waals surface area contributed by atoms with Gasteiger partial charge in [0.05, 0.1) is 0 Å². The van der Waals surface area contributed by atoms with Gasteiger partial charge in [0, 0.05) is 19.3 Å². The summed E-state index contributed by atoms with van der Waals surface area (Å²) in [6.45, 7) is 6.63. The first-order valence-corrected chi connectivity index (χ1v) is 6.83. The highest BCUT2D eigenvalue weighted by atomic mass is 32.1. The van der Waals surface area contributed by atoms with Crippen LogP contribution in [0.15, 0.2) is 12.3 Å². The molecule has 1 saturated heterocycles. The van der Waals surface area contributed by atoms with Gasteiger partial charge in [0.15, 0.2) is 0 Å². The molecule has 1 aromatic heterocycles. The molecule has 1 fully saturated rings. The summed E-state index contributed by atoms with van der Waals surface area (Å²) < 4.78 is 0. The SMILES string of the molecule is CCC1(C)CCN(c2nccc(C(N)=S)n2)CC1. The van der Waals surface area contributed by atoms with E-state index in [-0.39, 0.29) is 0 Å². The van der Waals surface area contributed by atoms with Crippen LogP contribution in [0.4, 0.5) is 5.95 Å². The molecule has 1 aliphatic rings. The number of piperidine rings is 1. The summed E-state index contributed by atoms with van der Waals surface area (Å²) >= 11 is 4.95. The molecular formula is C13H20N4S. The summed E-state index contributed by atoms with van der Waals surface area (Å²) in [6.07, 6.45) is 5.33. The average Bonchev–Trinajstić information content (AvgIpc) is 2.40. The third-order valence-electron chi connectivity index (χ3n) is 4.00. The summed E-state index contributed by atoms with van der Waals surface area (Å²) in [7, 11) is 0. The third kappa shape index (κ3) is 2.77. The maximum Gasteiger partial charge on any atom is 0.225 e. The Kier molecular flexibility index (Phi) is 3.80. The molecule has 5 heteroatoms. The van der Waals surface area contributed by atoms with E-state index in [4.69, 9.17) is 18.0 Å². The third-order valence-corrected chi connectivity index (χ3v) is 4.21. The lowest BCUT2D eigenvalue weighted by atomic mass is 9.78.